The lowest BCUT2D eigenvalue weighted by atomic mass is 10.2. The van der Waals surface area contributed by atoms with Crippen LogP contribution in [0.4, 0.5) is 10.1 Å². The van der Waals surface area contributed by atoms with Gasteiger partial charge >= 0.3 is 0 Å². The van der Waals surface area contributed by atoms with Crippen molar-refractivity contribution in [1.82, 2.24) is 20.0 Å². The third kappa shape index (κ3) is 4.66. The number of rotatable bonds is 6. The van der Waals surface area contributed by atoms with Crippen LogP contribution in [0.5, 0.6) is 0 Å². The molecule has 1 aromatic heterocycles. The van der Waals surface area contributed by atoms with Gasteiger partial charge in [0.25, 0.3) is 0 Å². The second-order valence-electron chi connectivity index (χ2n) is 7.04. The van der Waals surface area contributed by atoms with E-state index in [0.717, 1.165) is 36.7 Å². The Kier molecular flexibility index (Phi) is 6.11. The number of nitrogens with one attached hydrogen (secondary N) is 1. The van der Waals surface area contributed by atoms with Gasteiger partial charge in [0.1, 0.15) is 5.82 Å². The summed E-state index contributed by atoms with van der Waals surface area (Å²) < 4.78 is 14.9. The fourth-order valence-corrected chi connectivity index (χ4v) is 3.51. The minimum absolute atomic E-state index is 0.181. The molecule has 1 aromatic carbocycles. The van der Waals surface area contributed by atoms with Crippen LogP contribution in [0.1, 0.15) is 23.4 Å². The summed E-state index contributed by atoms with van der Waals surface area (Å²) in [7, 11) is 1.95. The second-order valence-corrected chi connectivity index (χ2v) is 7.04. The molecule has 1 aliphatic heterocycles. The zero-order valence-corrected chi connectivity index (χ0v) is 16.3. The third-order valence-corrected chi connectivity index (χ3v) is 5.30. The molecule has 146 valence electrons. The normalized spacial score (nSPS) is 14.7. The first-order chi connectivity index (χ1) is 13.0. The van der Waals surface area contributed by atoms with Crippen molar-refractivity contribution in [3.05, 3.63) is 47.0 Å². The highest BCUT2D eigenvalue weighted by Gasteiger charge is 2.21. The van der Waals surface area contributed by atoms with Gasteiger partial charge in [-0.2, -0.15) is 5.10 Å². The van der Waals surface area contributed by atoms with Crippen molar-refractivity contribution in [1.29, 1.82) is 0 Å². The lowest BCUT2D eigenvalue weighted by Gasteiger charge is -2.36. The summed E-state index contributed by atoms with van der Waals surface area (Å²) in [6.45, 7) is 8.42. The van der Waals surface area contributed by atoms with Crippen molar-refractivity contribution in [2.24, 2.45) is 7.05 Å². The highest BCUT2D eigenvalue weighted by Crippen LogP contribution is 2.17. The number of anilines is 1. The number of hydrogen-bond acceptors (Lipinski definition) is 4. The Balaban J connectivity index is 1.40. The van der Waals surface area contributed by atoms with Gasteiger partial charge in [0.05, 0.1) is 5.69 Å². The first-order valence-corrected chi connectivity index (χ1v) is 9.44. The Bertz CT molecular complexity index is 778. The molecule has 6 nitrogen and oxygen atoms in total. The summed E-state index contributed by atoms with van der Waals surface area (Å²) in [5, 5.41) is 7.77. The van der Waals surface area contributed by atoms with Crippen LogP contribution in [0.3, 0.4) is 0 Å². The van der Waals surface area contributed by atoms with Crippen molar-refractivity contribution in [3.63, 3.8) is 0 Å². The van der Waals surface area contributed by atoms with E-state index in [9.17, 15) is 9.18 Å². The molecule has 0 atom stereocenters. The van der Waals surface area contributed by atoms with Gasteiger partial charge in [-0.1, -0.05) is 0 Å². The summed E-state index contributed by atoms with van der Waals surface area (Å²) >= 11 is 0. The van der Waals surface area contributed by atoms with E-state index in [-0.39, 0.29) is 11.7 Å². The maximum absolute atomic E-state index is 13.0. The molecule has 1 fully saturated rings. The van der Waals surface area contributed by atoms with Gasteiger partial charge in [0.2, 0.25) is 5.91 Å². The number of halogens is 1. The number of carbonyl (C=O) groups excluding carboxylic acids is 1. The fraction of sp³-hybridized carbons (Fsp3) is 0.500. The smallest absolute Gasteiger partial charge is 0.223 e. The van der Waals surface area contributed by atoms with Crippen LogP contribution in [0.25, 0.3) is 0 Å². The fourth-order valence-electron chi connectivity index (χ4n) is 3.51. The average Bonchev–Trinajstić information content (AvgIpc) is 2.91. The summed E-state index contributed by atoms with van der Waals surface area (Å²) in [5.74, 6) is -0.0439. The minimum atomic E-state index is -0.225. The number of benzene rings is 1. The molecule has 0 spiro atoms. The number of aromatic nitrogens is 2. The quantitative estimate of drug-likeness (QED) is 0.787. The van der Waals surface area contributed by atoms with Crippen LogP contribution in [-0.4, -0.2) is 53.3 Å². The Labute approximate surface area is 160 Å². The predicted molar refractivity (Wildman–Crippen MR) is 104 cm³/mol. The van der Waals surface area contributed by atoms with Crippen LogP contribution < -0.4 is 10.2 Å². The van der Waals surface area contributed by atoms with Gasteiger partial charge < -0.3 is 15.1 Å². The molecule has 1 amide bonds. The Morgan fingerprint density at radius 1 is 1.15 bits per heavy atom. The molecule has 1 aliphatic rings. The van der Waals surface area contributed by atoms with Crippen molar-refractivity contribution in [3.8, 4) is 0 Å². The third-order valence-electron chi connectivity index (χ3n) is 5.30. The number of hydrogen-bond donors (Lipinski definition) is 1. The molecule has 2 aromatic rings. The molecule has 0 bridgehead atoms. The largest absolute Gasteiger partial charge is 0.368 e. The number of amides is 1. The van der Waals surface area contributed by atoms with E-state index in [2.05, 4.69) is 22.2 Å². The van der Waals surface area contributed by atoms with Gasteiger partial charge in [0.15, 0.2) is 0 Å². The lowest BCUT2D eigenvalue weighted by molar-refractivity contribution is -0.131. The number of piperazine rings is 1. The Morgan fingerprint density at radius 3 is 2.41 bits per heavy atom. The first kappa shape index (κ1) is 19.4. The van der Waals surface area contributed by atoms with E-state index in [4.69, 9.17) is 0 Å². The number of aryl methyl sites for hydroxylation is 2. The zero-order valence-electron chi connectivity index (χ0n) is 16.3. The topological polar surface area (TPSA) is 53.4 Å². The van der Waals surface area contributed by atoms with E-state index in [0.29, 0.717) is 26.1 Å². The van der Waals surface area contributed by atoms with Gasteiger partial charge in [-0.25, -0.2) is 4.39 Å². The van der Waals surface area contributed by atoms with E-state index in [1.807, 2.05) is 23.6 Å². The zero-order chi connectivity index (χ0) is 19.4. The molecule has 0 unspecified atom stereocenters. The molecule has 0 saturated carbocycles. The molecular weight excluding hydrogens is 345 g/mol. The first-order valence-electron chi connectivity index (χ1n) is 9.44. The van der Waals surface area contributed by atoms with Crippen molar-refractivity contribution in [2.45, 2.75) is 26.8 Å². The molecule has 2 heterocycles. The van der Waals surface area contributed by atoms with Gasteiger partial charge in [-0.3, -0.25) is 9.48 Å². The minimum Gasteiger partial charge on any atom is -0.368 e. The maximum atomic E-state index is 13.0. The molecule has 7 heteroatoms. The maximum Gasteiger partial charge on any atom is 0.223 e. The Hall–Kier alpha value is -2.41. The summed E-state index contributed by atoms with van der Waals surface area (Å²) in [6.07, 6.45) is 0.495. The van der Waals surface area contributed by atoms with E-state index in [1.54, 1.807) is 12.1 Å². The predicted octanol–water partition coefficient (Wildman–Crippen LogP) is 2.00. The van der Waals surface area contributed by atoms with Crippen LogP contribution in [-0.2, 0) is 18.4 Å². The molecule has 1 saturated heterocycles. The second kappa shape index (κ2) is 8.52. The SMILES string of the molecule is Cc1nn(C)c(C)c1CNCCC(=O)N1CCN(c2ccc(F)cc2)CC1. The highest BCUT2D eigenvalue weighted by atomic mass is 19.1. The Morgan fingerprint density at radius 2 is 1.81 bits per heavy atom. The van der Waals surface area contributed by atoms with Crippen LogP contribution in [0, 0.1) is 19.7 Å². The summed E-state index contributed by atoms with van der Waals surface area (Å²) in [6, 6.07) is 6.53. The molecule has 0 radical (unpaired) electrons. The highest BCUT2D eigenvalue weighted by molar-refractivity contribution is 5.76. The monoisotopic (exact) mass is 373 g/mol. The standard InChI is InChI=1S/C20H28FN5O/c1-15-19(16(2)24(3)23-15)14-22-9-8-20(27)26-12-10-25(11-13-26)18-6-4-17(21)5-7-18/h4-7,22H,8-14H2,1-3H3. The van der Waals surface area contributed by atoms with E-state index >= 15 is 0 Å². The summed E-state index contributed by atoms with van der Waals surface area (Å²) in [4.78, 5) is 16.5. The van der Waals surface area contributed by atoms with Crippen LogP contribution in [0.2, 0.25) is 0 Å². The van der Waals surface area contributed by atoms with E-state index < -0.39 is 0 Å². The average molecular weight is 373 g/mol. The molecule has 27 heavy (non-hydrogen) atoms. The molecule has 0 aliphatic carbocycles. The molecule has 3 rings (SSSR count). The summed E-state index contributed by atoms with van der Waals surface area (Å²) in [5.41, 5.74) is 4.40. The van der Waals surface area contributed by atoms with Crippen molar-refractivity contribution >= 4 is 11.6 Å². The van der Waals surface area contributed by atoms with Crippen molar-refractivity contribution < 1.29 is 9.18 Å². The van der Waals surface area contributed by atoms with Crippen LogP contribution >= 0.6 is 0 Å². The van der Waals surface area contributed by atoms with Gasteiger partial charge in [0, 0.05) is 69.7 Å². The number of carbonyl (C=O) groups is 1. The molecular formula is C20H28FN5O. The lowest BCUT2D eigenvalue weighted by Crippen LogP contribution is -2.49. The van der Waals surface area contributed by atoms with Crippen LogP contribution in [0.15, 0.2) is 24.3 Å². The van der Waals surface area contributed by atoms with E-state index in [1.165, 1.54) is 17.7 Å². The number of nitrogens with zero attached hydrogens (tertiary/aromatic N) is 4. The van der Waals surface area contributed by atoms with Gasteiger partial charge in [-0.05, 0) is 38.1 Å². The van der Waals surface area contributed by atoms with Crippen molar-refractivity contribution in [2.75, 3.05) is 37.6 Å². The molecule has 1 N–H and O–H groups in total. The van der Waals surface area contributed by atoms with Gasteiger partial charge in [-0.15, -0.1) is 0 Å².